The minimum atomic E-state index is -0.217. The number of anilines is 1. The molecule has 0 saturated carbocycles. The molecule has 2 aromatic carbocycles. The molecule has 2 aliphatic heterocycles. The fraction of sp³-hybridized carbons (Fsp3) is 0.0500. The number of amidine groups is 1. The van der Waals surface area contributed by atoms with Crippen LogP contribution < -0.4 is 14.4 Å². The van der Waals surface area contributed by atoms with Gasteiger partial charge in [0.25, 0.3) is 5.91 Å². The van der Waals surface area contributed by atoms with Gasteiger partial charge in [0.15, 0.2) is 16.6 Å². The first-order chi connectivity index (χ1) is 13.7. The van der Waals surface area contributed by atoms with Gasteiger partial charge in [0, 0.05) is 21.6 Å². The van der Waals surface area contributed by atoms with Crippen molar-refractivity contribution in [2.24, 2.45) is 4.99 Å². The van der Waals surface area contributed by atoms with Crippen LogP contribution in [-0.2, 0) is 4.79 Å². The second-order valence-electron chi connectivity index (χ2n) is 6.04. The largest absolute Gasteiger partial charge is 0.454 e. The summed E-state index contributed by atoms with van der Waals surface area (Å²) >= 11 is 4.83. The first-order valence-electron chi connectivity index (χ1n) is 8.39. The molecule has 3 heterocycles. The summed E-state index contributed by atoms with van der Waals surface area (Å²) in [5.74, 6) is 1.70. The van der Waals surface area contributed by atoms with Crippen molar-refractivity contribution in [3.05, 3.63) is 75.3 Å². The molecule has 138 valence electrons. The third-order valence-electron chi connectivity index (χ3n) is 4.27. The van der Waals surface area contributed by atoms with E-state index in [4.69, 9.17) is 9.47 Å². The summed E-state index contributed by atoms with van der Waals surface area (Å²) in [6, 6.07) is 13.2. The Kier molecular flexibility index (Phi) is 4.22. The Morgan fingerprint density at radius 1 is 1.11 bits per heavy atom. The van der Waals surface area contributed by atoms with Gasteiger partial charge in [-0.05, 0) is 35.9 Å². The Labute approximate surface area is 172 Å². The van der Waals surface area contributed by atoms with Crippen molar-refractivity contribution in [3.8, 4) is 11.5 Å². The molecule has 5 rings (SSSR count). The Hall–Kier alpha value is -2.97. The lowest BCUT2D eigenvalue weighted by molar-refractivity contribution is -0.113. The van der Waals surface area contributed by atoms with Crippen LogP contribution in [-0.4, -0.2) is 23.5 Å². The van der Waals surface area contributed by atoms with Crippen molar-refractivity contribution in [2.75, 3.05) is 11.7 Å². The summed E-state index contributed by atoms with van der Waals surface area (Å²) in [6.45, 7) is 0.206. The van der Waals surface area contributed by atoms with Gasteiger partial charge in [0.1, 0.15) is 11.5 Å². The van der Waals surface area contributed by atoms with Crippen LogP contribution in [0.15, 0.2) is 69.2 Å². The van der Waals surface area contributed by atoms with E-state index in [1.54, 1.807) is 17.2 Å². The Balaban J connectivity index is 1.58. The summed E-state index contributed by atoms with van der Waals surface area (Å²) in [5, 5.41) is 2.42. The molecule has 0 N–H and O–H groups in total. The van der Waals surface area contributed by atoms with Gasteiger partial charge in [-0.25, -0.2) is 14.9 Å². The molecule has 28 heavy (non-hydrogen) atoms. The summed E-state index contributed by atoms with van der Waals surface area (Å²) < 4.78 is 11.7. The van der Waals surface area contributed by atoms with E-state index in [-0.39, 0.29) is 12.7 Å². The third-order valence-corrected chi connectivity index (χ3v) is 5.56. The molecule has 0 fully saturated rings. The molecule has 0 radical (unpaired) electrons. The lowest BCUT2D eigenvalue weighted by Gasteiger charge is -2.14. The zero-order valence-electron chi connectivity index (χ0n) is 14.3. The van der Waals surface area contributed by atoms with E-state index in [1.807, 2.05) is 47.8 Å². The van der Waals surface area contributed by atoms with Crippen LogP contribution in [0.1, 0.15) is 11.1 Å². The number of amides is 1. The highest BCUT2D eigenvalue weighted by molar-refractivity contribution is 9.10. The number of aliphatic imine (C=N–C) groups is 1. The predicted molar refractivity (Wildman–Crippen MR) is 111 cm³/mol. The zero-order valence-corrected chi connectivity index (χ0v) is 16.7. The van der Waals surface area contributed by atoms with Crippen molar-refractivity contribution in [3.63, 3.8) is 0 Å². The van der Waals surface area contributed by atoms with E-state index < -0.39 is 0 Å². The number of halogens is 1. The number of nitrogens with zero attached hydrogens (tertiary/aromatic N) is 3. The number of benzene rings is 2. The van der Waals surface area contributed by atoms with Crippen molar-refractivity contribution in [1.82, 2.24) is 4.98 Å². The van der Waals surface area contributed by atoms with E-state index in [2.05, 4.69) is 25.9 Å². The van der Waals surface area contributed by atoms with Gasteiger partial charge in [-0.2, -0.15) is 0 Å². The van der Waals surface area contributed by atoms with Crippen molar-refractivity contribution < 1.29 is 14.3 Å². The van der Waals surface area contributed by atoms with Crippen LogP contribution >= 0.6 is 27.3 Å². The van der Waals surface area contributed by atoms with Crippen molar-refractivity contribution in [1.29, 1.82) is 0 Å². The average Bonchev–Trinajstić information content (AvgIpc) is 3.43. The molecule has 0 bridgehead atoms. The van der Waals surface area contributed by atoms with Gasteiger partial charge in [-0.3, -0.25) is 4.79 Å². The SMILES string of the molecule is O=C1C(=Cc2ccc3c(c2)OCO3)N=C(c2ccc(Br)cc2)N1c1nccs1. The fourth-order valence-electron chi connectivity index (χ4n) is 2.97. The molecule has 0 aliphatic carbocycles. The molecular weight excluding hydrogens is 442 g/mol. The lowest BCUT2D eigenvalue weighted by Crippen LogP contribution is -2.32. The molecule has 8 heteroatoms. The molecule has 6 nitrogen and oxygen atoms in total. The van der Waals surface area contributed by atoms with E-state index in [0.717, 1.165) is 15.6 Å². The summed E-state index contributed by atoms with van der Waals surface area (Å²) in [6.07, 6.45) is 3.42. The van der Waals surface area contributed by atoms with Crippen LogP contribution in [0.25, 0.3) is 6.08 Å². The topological polar surface area (TPSA) is 64.0 Å². The standard InChI is InChI=1S/C20H12BrN3O3S/c21-14-4-2-13(3-5-14)18-23-15(19(25)24(18)20-22-7-8-28-20)9-12-1-6-16-17(10-12)27-11-26-16/h1-10H,11H2. The molecule has 1 amide bonds. The smallest absolute Gasteiger partial charge is 0.284 e. The summed E-state index contributed by atoms with van der Waals surface area (Å²) in [7, 11) is 0. The predicted octanol–water partition coefficient (Wildman–Crippen LogP) is 4.47. The number of hydrogen-bond acceptors (Lipinski definition) is 6. The summed E-state index contributed by atoms with van der Waals surface area (Å²) in [4.78, 5) is 23.6. The number of rotatable bonds is 3. The fourth-order valence-corrected chi connectivity index (χ4v) is 3.88. The van der Waals surface area contributed by atoms with E-state index in [9.17, 15) is 4.79 Å². The van der Waals surface area contributed by atoms with Gasteiger partial charge < -0.3 is 9.47 Å². The number of carbonyl (C=O) groups excluding carboxylic acids is 1. The first kappa shape index (κ1) is 17.2. The number of fused-ring (bicyclic) bond motifs is 1. The molecule has 2 aliphatic rings. The maximum atomic E-state index is 13.1. The van der Waals surface area contributed by atoms with Crippen LogP contribution in [0, 0.1) is 0 Å². The monoisotopic (exact) mass is 453 g/mol. The maximum Gasteiger partial charge on any atom is 0.284 e. The number of aromatic nitrogens is 1. The maximum absolute atomic E-state index is 13.1. The Bertz CT molecular complexity index is 1120. The van der Waals surface area contributed by atoms with Crippen LogP contribution in [0.5, 0.6) is 11.5 Å². The van der Waals surface area contributed by atoms with Crippen LogP contribution in [0.2, 0.25) is 0 Å². The zero-order chi connectivity index (χ0) is 19.1. The van der Waals surface area contributed by atoms with Gasteiger partial charge in [0.2, 0.25) is 6.79 Å². The quantitative estimate of drug-likeness (QED) is 0.548. The molecule has 1 aromatic heterocycles. The highest BCUT2D eigenvalue weighted by Crippen LogP contribution is 2.34. The second kappa shape index (κ2) is 6.88. The highest BCUT2D eigenvalue weighted by Gasteiger charge is 2.34. The van der Waals surface area contributed by atoms with Gasteiger partial charge in [0.05, 0.1) is 0 Å². The second-order valence-corrected chi connectivity index (χ2v) is 7.83. The van der Waals surface area contributed by atoms with Crippen LogP contribution in [0.3, 0.4) is 0 Å². The molecular formula is C20H12BrN3O3S. The highest BCUT2D eigenvalue weighted by atomic mass is 79.9. The number of ether oxygens (including phenoxy) is 2. The van der Waals surface area contributed by atoms with Gasteiger partial charge >= 0.3 is 0 Å². The van der Waals surface area contributed by atoms with Gasteiger partial charge in [-0.15, -0.1) is 11.3 Å². The normalized spacial score (nSPS) is 16.8. The van der Waals surface area contributed by atoms with E-state index in [1.165, 1.54) is 11.3 Å². The molecule has 0 spiro atoms. The first-order valence-corrected chi connectivity index (χ1v) is 10.1. The van der Waals surface area contributed by atoms with Gasteiger partial charge in [-0.1, -0.05) is 34.1 Å². The minimum absolute atomic E-state index is 0.206. The Morgan fingerprint density at radius 2 is 1.93 bits per heavy atom. The molecule has 3 aromatic rings. The van der Waals surface area contributed by atoms with Crippen molar-refractivity contribution in [2.45, 2.75) is 0 Å². The molecule has 0 atom stereocenters. The average molecular weight is 454 g/mol. The van der Waals surface area contributed by atoms with Crippen LogP contribution in [0.4, 0.5) is 5.13 Å². The third kappa shape index (κ3) is 3.00. The number of hydrogen-bond donors (Lipinski definition) is 0. The lowest BCUT2D eigenvalue weighted by atomic mass is 10.1. The van der Waals surface area contributed by atoms with E-state index in [0.29, 0.717) is 28.2 Å². The van der Waals surface area contributed by atoms with Crippen molar-refractivity contribution >= 4 is 50.2 Å². The number of thiazole rings is 1. The Morgan fingerprint density at radius 3 is 2.71 bits per heavy atom. The molecule has 0 saturated heterocycles. The van der Waals surface area contributed by atoms with E-state index >= 15 is 0 Å². The molecule has 0 unspecified atom stereocenters. The number of carbonyl (C=O) groups is 1. The summed E-state index contributed by atoms with van der Waals surface area (Å²) in [5.41, 5.74) is 1.99. The minimum Gasteiger partial charge on any atom is -0.454 e.